The molecule has 9 heteroatoms. The second-order valence-corrected chi connectivity index (χ2v) is 6.30. The standard InChI is InChI=1S/C20H17N3O6/c1-2-4-16-15(11-13-5-3-6-17(18(13)24)23(28)29)19(25)22(21-16)14-9-7-12(8-10-14)20(26)27/h3,5-11,24H,2,4H2,1H3,(H,26,27). The topological polar surface area (TPSA) is 133 Å². The number of phenolic OH excluding ortho intramolecular Hbond substituents is 1. The molecule has 1 heterocycles. The van der Waals surface area contributed by atoms with Gasteiger partial charge in [-0.05, 0) is 36.8 Å². The van der Waals surface area contributed by atoms with Crippen LogP contribution in [-0.2, 0) is 4.79 Å². The maximum absolute atomic E-state index is 13.0. The molecule has 2 N–H and O–H groups in total. The zero-order valence-electron chi connectivity index (χ0n) is 15.4. The first-order valence-corrected chi connectivity index (χ1v) is 8.77. The van der Waals surface area contributed by atoms with Gasteiger partial charge >= 0.3 is 11.7 Å². The second-order valence-electron chi connectivity index (χ2n) is 6.30. The Kier molecular flexibility index (Phi) is 5.40. The lowest BCUT2D eigenvalue weighted by Crippen LogP contribution is -2.21. The van der Waals surface area contributed by atoms with E-state index in [-0.39, 0.29) is 16.7 Å². The highest BCUT2D eigenvalue weighted by atomic mass is 16.6. The highest BCUT2D eigenvalue weighted by Gasteiger charge is 2.31. The second kappa shape index (κ2) is 7.93. The molecule has 0 aromatic heterocycles. The molecule has 2 aromatic carbocycles. The van der Waals surface area contributed by atoms with Gasteiger partial charge in [0.15, 0.2) is 0 Å². The van der Waals surface area contributed by atoms with Gasteiger partial charge < -0.3 is 10.2 Å². The zero-order chi connectivity index (χ0) is 21.1. The van der Waals surface area contributed by atoms with Crippen molar-refractivity contribution in [2.45, 2.75) is 19.8 Å². The summed E-state index contributed by atoms with van der Waals surface area (Å²) in [5, 5.41) is 35.7. The lowest BCUT2D eigenvalue weighted by molar-refractivity contribution is -0.385. The van der Waals surface area contributed by atoms with Crippen molar-refractivity contribution in [3.8, 4) is 5.75 Å². The summed E-state index contributed by atoms with van der Waals surface area (Å²) >= 11 is 0. The maximum Gasteiger partial charge on any atom is 0.335 e. The van der Waals surface area contributed by atoms with E-state index in [1.165, 1.54) is 48.5 Å². The Morgan fingerprint density at radius 2 is 1.93 bits per heavy atom. The molecule has 1 aliphatic heterocycles. The summed E-state index contributed by atoms with van der Waals surface area (Å²) in [6, 6.07) is 9.75. The summed E-state index contributed by atoms with van der Waals surface area (Å²) < 4.78 is 0. The van der Waals surface area contributed by atoms with Crippen molar-refractivity contribution in [3.63, 3.8) is 0 Å². The van der Waals surface area contributed by atoms with Gasteiger partial charge in [0.1, 0.15) is 0 Å². The fraction of sp³-hybridized carbons (Fsp3) is 0.150. The van der Waals surface area contributed by atoms with Gasteiger partial charge in [-0.1, -0.05) is 25.5 Å². The van der Waals surface area contributed by atoms with E-state index in [0.717, 1.165) is 5.01 Å². The molecule has 0 bridgehead atoms. The molecule has 0 atom stereocenters. The Balaban J connectivity index is 2.02. The van der Waals surface area contributed by atoms with Gasteiger partial charge in [-0.3, -0.25) is 14.9 Å². The Bertz CT molecular complexity index is 1060. The van der Waals surface area contributed by atoms with E-state index in [1.54, 1.807) is 0 Å². The van der Waals surface area contributed by atoms with E-state index < -0.39 is 28.2 Å². The van der Waals surface area contributed by atoms with Crippen LogP contribution in [0.15, 0.2) is 53.1 Å². The van der Waals surface area contributed by atoms with Crippen LogP contribution in [0.4, 0.5) is 11.4 Å². The number of carbonyl (C=O) groups is 2. The first-order chi connectivity index (χ1) is 13.8. The lowest BCUT2D eigenvalue weighted by Gasteiger charge is -2.11. The van der Waals surface area contributed by atoms with Crippen molar-refractivity contribution in [2.24, 2.45) is 5.10 Å². The molecule has 0 radical (unpaired) electrons. The number of rotatable bonds is 6. The average Bonchev–Trinajstić information content (AvgIpc) is 2.99. The Morgan fingerprint density at radius 1 is 1.24 bits per heavy atom. The van der Waals surface area contributed by atoms with E-state index in [1.807, 2.05) is 6.92 Å². The molecule has 2 aromatic rings. The SMILES string of the molecule is CCCC1=NN(c2ccc(C(=O)O)cc2)C(=O)C1=Cc1cccc([N+](=O)[O-])c1O. The van der Waals surface area contributed by atoms with E-state index in [9.17, 15) is 24.8 Å². The predicted octanol–water partition coefficient (Wildman–Crippen LogP) is 3.58. The molecular weight excluding hydrogens is 378 g/mol. The van der Waals surface area contributed by atoms with Gasteiger partial charge in [-0.15, -0.1) is 0 Å². The molecule has 0 saturated carbocycles. The number of nitro benzene ring substituents is 1. The fourth-order valence-corrected chi connectivity index (χ4v) is 2.91. The minimum atomic E-state index is -1.08. The fourth-order valence-electron chi connectivity index (χ4n) is 2.91. The Morgan fingerprint density at radius 3 is 2.52 bits per heavy atom. The largest absolute Gasteiger partial charge is 0.502 e. The van der Waals surface area contributed by atoms with Crippen LogP contribution in [0, 0.1) is 10.1 Å². The third-order valence-electron chi connectivity index (χ3n) is 4.34. The van der Waals surface area contributed by atoms with Gasteiger partial charge in [-0.25, -0.2) is 4.79 Å². The van der Waals surface area contributed by atoms with E-state index in [4.69, 9.17) is 5.11 Å². The van der Waals surface area contributed by atoms with Crippen LogP contribution < -0.4 is 5.01 Å². The number of carbonyl (C=O) groups excluding carboxylic acids is 1. The number of hydrogen-bond donors (Lipinski definition) is 2. The number of carboxylic acids is 1. The number of nitro groups is 1. The number of phenols is 1. The van der Waals surface area contributed by atoms with Crippen LogP contribution >= 0.6 is 0 Å². The van der Waals surface area contributed by atoms with E-state index in [2.05, 4.69) is 5.10 Å². The summed E-state index contributed by atoms with van der Waals surface area (Å²) in [7, 11) is 0. The van der Waals surface area contributed by atoms with Gasteiger partial charge in [0.05, 0.1) is 27.5 Å². The number of aromatic hydroxyl groups is 1. The normalized spacial score (nSPS) is 14.9. The summed E-state index contributed by atoms with van der Waals surface area (Å²) in [6.07, 6.45) is 2.57. The number of anilines is 1. The van der Waals surface area contributed by atoms with Crippen LogP contribution in [0.2, 0.25) is 0 Å². The van der Waals surface area contributed by atoms with Crippen molar-refractivity contribution in [2.75, 3.05) is 5.01 Å². The summed E-state index contributed by atoms with van der Waals surface area (Å²) in [5.41, 5.74) is 0.834. The number of para-hydroxylation sites is 1. The molecule has 3 rings (SSSR count). The van der Waals surface area contributed by atoms with Crippen molar-refractivity contribution in [1.29, 1.82) is 0 Å². The van der Waals surface area contributed by atoms with Gasteiger partial charge in [0.2, 0.25) is 5.75 Å². The molecule has 0 unspecified atom stereocenters. The van der Waals surface area contributed by atoms with Crippen LogP contribution in [0.3, 0.4) is 0 Å². The van der Waals surface area contributed by atoms with Crippen LogP contribution in [0.25, 0.3) is 6.08 Å². The third kappa shape index (κ3) is 3.84. The van der Waals surface area contributed by atoms with Crippen molar-refractivity contribution < 1.29 is 24.7 Å². The van der Waals surface area contributed by atoms with Gasteiger partial charge in [0, 0.05) is 11.6 Å². The van der Waals surface area contributed by atoms with E-state index in [0.29, 0.717) is 24.2 Å². The molecule has 0 fully saturated rings. The first-order valence-electron chi connectivity index (χ1n) is 8.77. The van der Waals surface area contributed by atoms with Crippen molar-refractivity contribution in [1.82, 2.24) is 0 Å². The predicted molar refractivity (Wildman–Crippen MR) is 106 cm³/mol. The van der Waals surface area contributed by atoms with Gasteiger partial charge in [-0.2, -0.15) is 10.1 Å². The number of carboxylic acid groups (broad SMARTS) is 1. The molecule has 9 nitrogen and oxygen atoms in total. The van der Waals surface area contributed by atoms with Crippen molar-refractivity contribution >= 4 is 35.0 Å². The number of hydrogen-bond acceptors (Lipinski definition) is 6. The monoisotopic (exact) mass is 395 g/mol. The van der Waals surface area contributed by atoms with E-state index >= 15 is 0 Å². The molecule has 0 saturated heterocycles. The number of nitrogens with zero attached hydrogens (tertiary/aromatic N) is 3. The summed E-state index contributed by atoms with van der Waals surface area (Å²) in [4.78, 5) is 34.3. The molecule has 1 aliphatic rings. The average molecular weight is 395 g/mol. The molecule has 0 aliphatic carbocycles. The minimum absolute atomic E-state index is 0.0791. The molecular formula is C20H17N3O6. The summed E-state index contributed by atoms with van der Waals surface area (Å²) in [6.45, 7) is 1.92. The highest BCUT2D eigenvalue weighted by Crippen LogP contribution is 2.33. The van der Waals surface area contributed by atoms with Gasteiger partial charge in [0.25, 0.3) is 5.91 Å². The Labute approximate surface area is 165 Å². The lowest BCUT2D eigenvalue weighted by atomic mass is 10.0. The molecule has 29 heavy (non-hydrogen) atoms. The maximum atomic E-state index is 13.0. The third-order valence-corrected chi connectivity index (χ3v) is 4.34. The molecule has 148 valence electrons. The number of amides is 1. The van der Waals surface area contributed by atoms with Crippen molar-refractivity contribution in [3.05, 3.63) is 69.3 Å². The van der Waals surface area contributed by atoms with Crippen LogP contribution in [0.1, 0.15) is 35.7 Å². The Hall–Kier alpha value is -4.01. The van der Waals surface area contributed by atoms with Crippen LogP contribution in [-0.4, -0.2) is 32.7 Å². The number of aromatic carboxylic acids is 1. The minimum Gasteiger partial charge on any atom is -0.502 e. The first kappa shape index (κ1) is 19.7. The summed E-state index contributed by atoms with van der Waals surface area (Å²) in [5.74, 6) is -2.08. The number of hydrazone groups is 1. The number of benzene rings is 2. The smallest absolute Gasteiger partial charge is 0.335 e. The molecule has 0 spiro atoms. The highest BCUT2D eigenvalue weighted by molar-refractivity contribution is 6.32. The van der Waals surface area contributed by atoms with Crippen LogP contribution in [0.5, 0.6) is 5.75 Å². The zero-order valence-corrected chi connectivity index (χ0v) is 15.4. The molecule has 1 amide bonds. The quantitative estimate of drug-likeness (QED) is 0.436.